The van der Waals surface area contributed by atoms with Crippen LogP contribution in [0.25, 0.3) is 0 Å². The van der Waals surface area contributed by atoms with Crippen molar-refractivity contribution in [2.75, 3.05) is 25.9 Å². The van der Waals surface area contributed by atoms with Gasteiger partial charge < -0.3 is 10.6 Å². The van der Waals surface area contributed by atoms with E-state index in [-0.39, 0.29) is 5.91 Å². The molecule has 1 atom stereocenters. The Labute approximate surface area is 132 Å². The van der Waals surface area contributed by atoms with E-state index >= 15 is 0 Å². The van der Waals surface area contributed by atoms with Crippen molar-refractivity contribution >= 4 is 11.7 Å². The van der Waals surface area contributed by atoms with Gasteiger partial charge in [-0.2, -0.15) is 0 Å². The molecule has 1 amide bonds. The fourth-order valence-electron chi connectivity index (χ4n) is 2.74. The molecule has 0 radical (unpaired) electrons. The third kappa shape index (κ3) is 4.66. The Morgan fingerprint density at radius 2 is 2.32 bits per heavy atom. The summed E-state index contributed by atoms with van der Waals surface area (Å²) in [5.41, 5.74) is 5.68. The minimum absolute atomic E-state index is 0.282. The number of hydrogen-bond donors (Lipinski definition) is 1. The molecule has 0 aliphatic carbocycles. The fourth-order valence-corrected chi connectivity index (χ4v) is 2.74. The minimum atomic E-state index is 0.282. The lowest BCUT2D eigenvalue weighted by atomic mass is 10.1. The van der Waals surface area contributed by atoms with E-state index in [1.165, 1.54) is 0 Å². The lowest BCUT2D eigenvalue weighted by Crippen LogP contribution is -2.36. The van der Waals surface area contributed by atoms with Crippen LogP contribution in [0.3, 0.4) is 0 Å². The van der Waals surface area contributed by atoms with E-state index in [4.69, 9.17) is 5.73 Å². The summed E-state index contributed by atoms with van der Waals surface area (Å²) in [5.74, 6) is 2.08. The number of carbonyl (C=O) groups is 1. The van der Waals surface area contributed by atoms with Crippen LogP contribution in [0, 0.1) is 5.92 Å². The molecule has 1 fully saturated rings. The Balaban J connectivity index is 1.83. The average Bonchev–Trinajstić information content (AvgIpc) is 2.94. The third-order valence-electron chi connectivity index (χ3n) is 4.19. The molecule has 1 aromatic heterocycles. The predicted molar refractivity (Wildman–Crippen MR) is 87.0 cm³/mol. The molecule has 1 aromatic rings. The highest BCUT2D eigenvalue weighted by atomic mass is 16.2. The van der Waals surface area contributed by atoms with Crippen LogP contribution in [-0.2, 0) is 11.3 Å². The van der Waals surface area contributed by atoms with Gasteiger partial charge in [0.15, 0.2) is 0 Å². The van der Waals surface area contributed by atoms with Crippen LogP contribution in [0.2, 0.25) is 0 Å². The zero-order valence-corrected chi connectivity index (χ0v) is 13.8. The van der Waals surface area contributed by atoms with E-state index < -0.39 is 0 Å². The summed E-state index contributed by atoms with van der Waals surface area (Å²) in [6.45, 7) is 6.61. The van der Waals surface area contributed by atoms with Crippen LogP contribution >= 0.6 is 0 Å². The topological polar surface area (TPSA) is 75.4 Å². The van der Waals surface area contributed by atoms with Crippen molar-refractivity contribution in [2.45, 2.75) is 45.7 Å². The van der Waals surface area contributed by atoms with Crippen LogP contribution in [0.15, 0.2) is 12.3 Å². The molecule has 1 aliphatic heterocycles. The average molecular weight is 305 g/mol. The van der Waals surface area contributed by atoms with E-state index in [1.807, 2.05) is 4.90 Å². The second-order valence-corrected chi connectivity index (χ2v) is 6.53. The van der Waals surface area contributed by atoms with Crippen LogP contribution in [0.4, 0.5) is 5.82 Å². The number of amides is 1. The molecular weight excluding hydrogens is 278 g/mol. The van der Waals surface area contributed by atoms with Gasteiger partial charge in [0.1, 0.15) is 11.6 Å². The van der Waals surface area contributed by atoms with Crippen molar-refractivity contribution in [3.05, 3.63) is 18.1 Å². The van der Waals surface area contributed by atoms with Crippen molar-refractivity contribution in [1.82, 2.24) is 19.8 Å². The molecule has 2 heterocycles. The number of likely N-dealkylation sites (N-methyl/N-ethyl adjacent to an activating group) is 1. The fraction of sp³-hybridized carbons (Fsp3) is 0.688. The first-order valence-electron chi connectivity index (χ1n) is 8.01. The number of nitrogens with two attached hydrogens (primary N) is 1. The smallest absolute Gasteiger partial charge is 0.222 e. The van der Waals surface area contributed by atoms with Gasteiger partial charge in [0.25, 0.3) is 0 Å². The van der Waals surface area contributed by atoms with Gasteiger partial charge in [-0.1, -0.05) is 13.8 Å². The molecule has 1 aliphatic rings. The van der Waals surface area contributed by atoms with Crippen molar-refractivity contribution in [3.8, 4) is 0 Å². The van der Waals surface area contributed by atoms with E-state index in [0.717, 1.165) is 31.8 Å². The summed E-state index contributed by atoms with van der Waals surface area (Å²) in [5, 5.41) is 0. The molecule has 6 heteroatoms. The largest absolute Gasteiger partial charge is 0.384 e. The molecule has 1 unspecified atom stereocenters. The maximum absolute atomic E-state index is 12.2. The molecule has 6 nitrogen and oxygen atoms in total. The Hall–Kier alpha value is -1.69. The lowest BCUT2D eigenvalue weighted by Gasteiger charge is -2.24. The molecule has 0 saturated carbocycles. The number of rotatable bonds is 6. The monoisotopic (exact) mass is 305 g/mol. The number of aromatic nitrogens is 2. The first-order chi connectivity index (χ1) is 10.5. The van der Waals surface area contributed by atoms with Crippen LogP contribution in [0.5, 0.6) is 0 Å². The van der Waals surface area contributed by atoms with Crippen LogP contribution in [-0.4, -0.2) is 51.9 Å². The predicted octanol–water partition coefficient (Wildman–Crippen LogP) is 1.53. The van der Waals surface area contributed by atoms with Gasteiger partial charge in [0.05, 0.1) is 6.54 Å². The Morgan fingerprint density at radius 1 is 1.55 bits per heavy atom. The van der Waals surface area contributed by atoms with Crippen LogP contribution in [0.1, 0.15) is 38.9 Å². The molecule has 0 bridgehead atoms. The number of hydrogen-bond acceptors (Lipinski definition) is 5. The Morgan fingerprint density at radius 3 is 3.00 bits per heavy atom. The van der Waals surface area contributed by atoms with Gasteiger partial charge in [-0.15, -0.1) is 0 Å². The van der Waals surface area contributed by atoms with Gasteiger partial charge in [0.2, 0.25) is 5.91 Å². The molecule has 122 valence electrons. The molecule has 1 saturated heterocycles. The first kappa shape index (κ1) is 16.7. The normalized spacial score (nSPS) is 18.4. The number of nitrogens with zero attached hydrogens (tertiary/aromatic N) is 4. The maximum Gasteiger partial charge on any atom is 0.222 e. The second kappa shape index (κ2) is 7.54. The van der Waals surface area contributed by atoms with Crippen molar-refractivity contribution in [1.29, 1.82) is 0 Å². The van der Waals surface area contributed by atoms with Gasteiger partial charge in [0, 0.05) is 31.7 Å². The summed E-state index contributed by atoms with van der Waals surface area (Å²) in [7, 11) is 2.05. The SMILES string of the molecule is CC(C)CCC(=O)N1CCC(N(C)Cc2nccc(N)n2)C1. The number of likely N-dealkylation sites (tertiary alicyclic amines) is 1. The van der Waals surface area contributed by atoms with Crippen LogP contribution < -0.4 is 5.73 Å². The molecule has 2 N–H and O–H groups in total. The third-order valence-corrected chi connectivity index (χ3v) is 4.19. The van der Waals surface area contributed by atoms with Crippen molar-refractivity contribution in [2.24, 2.45) is 5.92 Å². The standard InChI is InChI=1S/C16H27N5O/c1-12(2)4-5-16(22)21-9-7-13(10-21)20(3)11-15-18-8-6-14(17)19-15/h6,8,12-13H,4-5,7,9-11H2,1-3H3,(H2,17,18,19). The molecule has 22 heavy (non-hydrogen) atoms. The summed E-state index contributed by atoms with van der Waals surface area (Å²) < 4.78 is 0. The maximum atomic E-state index is 12.2. The number of anilines is 1. The van der Waals surface area contributed by atoms with Gasteiger partial charge >= 0.3 is 0 Å². The highest BCUT2D eigenvalue weighted by molar-refractivity contribution is 5.76. The summed E-state index contributed by atoms with van der Waals surface area (Å²) in [6, 6.07) is 2.06. The number of carbonyl (C=O) groups excluding carboxylic acids is 1. The van der Waals surface area contributed by atoms with E-state index in [1.54, 1.807) is 12.3 Å². The quantitative estimate of drug-likeness (QED) is 0.862. The molecule has 0 aromatic carbocycles. The zero-order chi connectivity index (χ0) is 16.1. The first-order valence-corrected chi connectivity index (χ1v) is 8.01. The summed E-state index contributed by atoms with van der Waals surface area (Å²) in [6.07, 6.45) is 4.31. The van der Waals surface area contributed by atoms with Gasteiger partial charge in [-0.25, -0.2) is 9.97 Å². The van der Waals surface area contributed by atoms with Gasteiger partial charge in [-0.3, -0.25) is 9.69 Å². The molecule has 2 rings (SSSR count). The number of nitrogen functional groups attached to an aromatic ring is 1. The highest BCUT2D eigenvalue weighted by Crippen LogP contribution is 2.18. The van der Waals surface area contributed by atoms with E-state index in [0.29, 0.717) is 30.7 Å². The summed E-state index contributed by atoms with van der Waals surface area (Å²) in [4.78, 5) is 24.9. The Kier molecular flexibility index (Phi) is 5.71. The second-order valence-electron chi connectivity index (χ2n) is 6.53. The summed E-state index contributed by atoms with van der Waals surface area (Å²) >= 11 is 0. The van der Waals surface area contributed by atoms with Crippen molar-refractivity contribution < 1.29 is 4.79 Å². The lowest BCUT2D eigenvalue weighted by molar-refractivity contribution is -0.130. The van der Waals surface area contributed by atoms with Gasteiger partial charge in [-0.05, 0) is 31.9 Å². The molecular formula is C16H27N5O. The highest BCUT2D eigenvalue weighted by Gasteiger charge is 2.28. The zero-order valence-electron chi connectivity index (χ0n) is 13.8. The Bertz CT molecular complexity index is 505. The van der Waals surface area contributed by atoms with E-state index in [2.05, 4.69) is 35.8 Å². The molecule has 0 spiro atoms. The van der Waals surface area contributed by atoms with Crippen molar-refractivity contribution in [3.63, 3.8) is 0 Å². The minimum Gasteiger partial charge on any atom is -0.384 e. The van der Waals surface area contributed by atoms with E-state index in [9.17, 15) is 4.79 Å².